The van der Waals surface area contributed by atoms with E-state index in [0.29, 0.717) is 5.89 Å². The Labute approximate surface area is 95.2 Å². The van der Waals surface area contributed by atoms with E-state index in [1.165, 1.54) is 0 Å². The number of nitrogens with one attached hydrogen (secondary N) is 1. The fraction of sp³-hybridized carbons (Fsp3) is 0.308. The smallest absolute Gasteiger partial charge is 0.192 e. The molecular formula is C13H16N2O. The third-order valence-electron chi connectivity index (χ3n) is 2.39. The molecule has 0 saturated carbocycles. The van der Waals surface area contributed by atoms with E-state index in [2.05, 4.69) is 22.5 Å². The number of fused-ring (bicyclic) bond motifs is 1. The Morgan fingerprint density at radius 1 is 1.44 bits per heavy atom. The number of oxazole rings is 1. The van der Waals surface area contributed by atoms with Crippen molar-refractivity contribution in [3.05, 3.63) is 35.7 Å². The van der Waals surface area contributed by atoms with Gasteiger partial charge in [0.15, 0.2) is 11.5 Å². The van der Waals surface area contributed by atoms with E-state index < -0.39 is 0 Å². The van der Waals surface area contributed by atoms with E-state index in [1.807, 2.05) is 32.2 Å². The van der Waals surface area contributed by atoms with Gasteiger partial charge in [-0.15, -0.1) is 0 Å². The maximum absolute atomic E-state index is 5.42. The first-order valence-corrected chi connectivity index (χ1v) is 5.48. The molecule has 0 unspecified atom stereocenters. The summed E-state index contributed by atoms with van der Waals surface area (Å²) in [6.45, 7) is 2.87. The summed E-state index contributed by atoms with van der Waals surface area (Å²) in [5.41, 5.74) is 2.94. The van der Waals surface area contributed by atoms with Crippen LogP contribution in [0.5, 0.6) is 0 Å². The Kier molecular flexibility index (Phi) is 3.37. The lowest BCUT2D eigenvalue weighted by Crippen LogP contribution is -2.05. The van der Waals surface area contributed by atoms with Crippen LogP contribution in [0.4, 0.5) is 0 Å². The molecule has 0 fully saturated rings. The first kappa shape index (κ1) is 10.9. The molecular weight excluding hydrogens is 200 g/mol. The summed E-state index contributed by atoms with van der Waals surface area (Å²) in [6, 6.07) is 6.05. The zero-order valence-electron chi connectivity index (χ0n) is 9.66. The van der Waals surface area contributed by atoms with Crippen molar-refractivity contribution in [1.29, 1.82) is 0 Å². The highest BCUT2D eigenvalue weighted by atomic mass is 16.3. The van der Waals surface area contributed by atoms with Crippen molar-refractivity contribution in [1.82, 2.24) is 10.3 Å². The summed E-state index contributed by atoms with van der Waals surface area (Å²) in [6.07, 6.45) is 5.30. The zero-order valence-corrected chi connectivity index (χ0v) is 9.66. The van der Waals surface area contributed by atoms with Crippen molar-refractivity contribution in [2.75, 3.05) is 13.6 Å². The van der Waals surface area contributed by atoms with Crippen LogP contribution >= 0.6 is 0 Å². The molecule has 1 aromatic heterocycles. The molecule has 0 atom stereocenters. The van der Waals surface area contributed by atoms with Gasteiger partial charge in [0.1, 0.15) is 5.52 Å². The normalized spacial score (nSPS) is 11.6. The topological polar surface area (TPSA) is 38.1 Å². The monoisotopic (exact) mass is 216 g/mol. The van der Waals surface area contributed by atoms with Crippen molar-refractivity contribution in [2.24, 2.45) is 0 Å². The first-order chi connectivity index (χ1) is 7.79. The molecule has 0 saturated heterocycles. The lowest BCUT2D eigenvalue weighted by molar-refractivity contribution is 0.561. The molecule has 0 aliphatic rings. The van der Waals surface area contributed by atoms with Crippen LogP contribution in [-0.2, 0) is 0 Å². The molecule has 1 heterocycles. The van der Waals surface area contributed by atoms with Crippen LogP contribution in [0, 0.1) is 6.92 Å². The molecule has 3 heteroatoms. The van der Waals surface area contributed by atoms with Gasteiger partial charge in [0.05, 0.1) is 0 Å². The number of nitrogens with zero attached hydrogens (tertiary/aromatic N) is 1. The van der Waals surface area contributed by atoms with Crippen molar-refractivity contribution in [3.8, 4) is 0 Å². The summed E-state index contributed by atoms with van der Waals surface area (Å²) < 4.78 is 5.42. The highest BCUT2D eigenvalue weighted by molar-refractivity contribution is 5.76. The van der Waals surface area contributed by atoms with Crippen LogP contribution in [-0.4, -0.2) is 18.6 Å². The van der Waals surface area contributed by atoms with Crippen LogP contribution in [0.15, 0.2) is 28.7 Å². The fourth-order valence-electron chi connectivity index (χ4n) is 1.61. The third-order valence-corrected chi connectivity index (χ3v) is 2.39. The van der Waals surface area contributed by atoms with Crippen molar-refractivity contribution < 1.29 is 4.42 Å². The molecule has 2 rings (SSSR count). The highest BCUT2D eigenvalue weighted by Crippen LogP contribution is 2.17. The standard InChI is InChI=1S/C13H16N2O/c1-10-15-12-9-11(5-3-4-8-14-2)6-7-13(12)16-10/h3,5-7,9,14H,4,8H2,1-2H3. The number of hydrogen-bond acceptors (Lipinski definition) is 3. The van der Waals surface area contributed by atoms with Crippen LogP contribution in [0.3, 0.4) is 0 Å². The Hall–Kier alpha value is -1.61. The molecule has 0 aliphatic heterocycles. The minimum atomic E-state index is 0.714. The SMILES string of the molecule is CNCCC=Cc1ccc2oc(C)nc2c1. The highest BCUT2D eigenvalue weighted by Gasteiger charge is 2.00. The number of rotatable bonds is 4. The summed E-state index contributed by atoms with van der Waals surface area (Å²) in [7, 11) is 1.96. The lowest BCUT2D eigenvalue weighted by atomic mass is 10.2. The third kappa shape index (κ3) is 2.49. The van der Waals surface area contributed by atoms with Gasteiger partial charge in [-0.1, -0.05) is 18.2 Å². The van der Waals surface area contributed by atoms with E-state index in [0.717, 1.165) is 29.6 Å². The van der Waals surface area contributed by atoms with Gasteiger partial charge in [0, 0.05) is 6.92 Å². The molecule has 3 nitrogen and oxygen atoms in total. The van der Waals surface area contributed by atoms with Gasteiger partial charge in [-0.2, -0.15) is 0 Å². The minimum absolute atomic E-state index is 0.714. The van der Waals surface area contributed by atoms with Gasteiger partial charge in [-0.05, 0) is 37.7 Å². The Balaban J connectivity index is 2.15. The van der Waals surface area contributed by atoms with E-state index >= 15 is 0 Å². The average molecular weight is 216 g/mol. The molecule has 0 aliphatic carbocycles. The van der Waals surface area contributed by atoms with Crippen molar-refractivity contribution in [3.63, 3.8) is 0 Å². The summed E-state index contributed by atoms with van der Waals surface area (Å²) in [5, 5.41) is 3.11. The maximum atomic E-state index is 5.42. The quantitative estimate of drug-likeness (QED) is 0.798. The fourth-order valence-corrected chi connectivity index (χ4v) is 1.61. The number of aryl methyl sites for hydroxylation is 1. The maximum Gasteiger partial charge on any atom is 0.192 e. The van der Waals surface area contributed by atoms with Crippen LogP contribution in [0.2, 0.25) is 0 Å². The van der Waals surface area contributed by atoms with E-state index in [-0.39, 0.29) is 0 Å². The second kappa shape index (κ2) is 4.94. The Morgan fingerprint density at radius 3 is 3.12 bits per heavy atom. The van der Waals surface area contributed by atoms with E-state index in [1.54, 1.807) is 0 Å². The Morgan fingerprint density at radius 2 is 2.31 bits per heavy atom. The zero-order chi connectivity index (χ0) is 11.4. The first-order valence-electron chi connectivity index (χ1n) is 5.48. The average Bonchev–Trinajstić information content (AvgIpc) is 2.64. The molecule has 0 spiro atoms. The van der Waals surface area contributed by atoms with Gasteiger partial charge in [-0.3, -0.25) is 0 Å². The van der Waals surface area contributed by atoms with Crippen LogP contribution < -0.4 is 5.32 Å². The van der Waals surface area contributed by atoms with Crippen molar-refractivity contribution >= 4 is 17.2 Å². The second-order valence-corrected chi connectivity index (χ2v) is 3.75. The molecule has 2 aromatic rings. The number of aromatic nitrogens is 1. The predicted molar refractivity (Wildman–Crippen MR) is 66.3 cm³/mol. The molecule has 0 radical (unpaired) electrons. The molecule has 84 valence electrons. The minimum Gasteiger partial charge on any atom is -0.441 e. The van der Waals surface area contributed by atoms with Crippen LogP contribution in [0.25, 0.3) is 17.2 Å². The largest absolute Gasteiger partial charge is 0.441 e. The predicted octanol–water partition coefficient (Wildman–Crippen LogP) is 2.76. The summed E-state index contributed by atoms with van der Waals surface area (Å²) in [5.74, 6) is 0.714. The number of hydrogen-bond donors (Lipinski definition) is 1. The molecule has 0 bridgehead atoms. The van der Waals surface area contributed by atoms with Crippen molar-refractivity contribution in [2.45, 2.75) is 13.3 Å². The van der Waals surface area contributed by atoms with Gasteiger partial charge in [0.25, 0.3) is 0 Å². The number of benzene rings is 1. The van der Waals surface area contributed by atoms with Gasteiger partial charge < -0.3 is 9.73 Å². The van der Waals surface area contributed by atoms with Gasteiger partial charge in [0.2, 0.25) is 0 Å². The summed E-state index contributed by atoms with van der Waals surface area (Å²) >= 11 is 0. The molecule has 1 N–H and O–H groups in total. The van der Waals surface area contributed by atoms with Crippen LogP contribution in [0.1, 0.15) is 17.9 Å². The second-order valence-electron chi connectivity index (χ2n) is 3.75. The van der Waals surface area contributed by atoms with E-state index in [4.69, 9.17) is 4.42 Å². The van der Waals surface area contributed by atoms with Gasteiger partial charge in [-0.25, -0.2) is 4.98 Å². The Bertz CT molecular complexity index is 500. The molecule has 1 aromatic carbocycles. The van der Waals surface area contributed by atoms with E-state index in [9.17, 15) is 0 Å². The van der Waals surface area contributed by atoms with Gasteiger partial charge >= 0.3 is 0 Å². The molecule has 16 heavy (non-hydrogen) atoms. The molecule has 0 amide bonds. The summed E-state index contributed by atoms with van der Waals surface area (Å²) in [4.78, 5) is 4.31. The lowest BCUT2D eigenvalue weighted by Gasteiger charge is -1.93.